The Morgan fingerprint density at radius 1 is 1.33 bits per heavy atom. The van der Waals surface area contributed by atoms with E-state index in [4.69, 9.17) is 0 Å². The number of fused-ring (bicyclic) bond motifs is 1. The Kier molecular flexibility index (Phi) is 3.53. The number of nitrogens with zero attached hydrogens (tertiary/aromatic N) is 2. The fourth-order valence-electron chi connectivity index (χ4n) is 2.11. The van der Waals surface area contributed by atoms with Crippen LogP contribution in [0.2, 0.25) is 0 Å². The Labute approximate surface area is 124 Å². The number of hydrogen-bond donors (Lipinski definition) is 1. The van der Waals surface area contributed by atoms with E-state index in [1.54, 1.807) is 0 Å². The highest BCUT2D eigenvalue weighted by Gasteiger charge is 2.16. The van der Waals surface area contributed by atoms with E-state index in [1.165, 1.54) is 21.9 Å². The van der Waals surface area contributed by atoms with Crippen molar-refractivity contribution in [3.05, 3.63) is 57.8 Å². The molecular formula is C15H13N3O2S. The zero-order valence-electron chi connectivity index (χ0n) is 11.4. The highest BCUT2D eigenvalue weighted by molar-refractivity contribution is 7.15. The molecule has 0 spiro atoms. The number of aromatic nitrogens is 2. The van der Waals surface area contributed by atoms with Gasteiger partial charge in [-0.15, -0.1) is 11.3 Å². The lowest BCUT2D eigenvalue weighted by Crippen LogP contribution is -2.31. The lowest BCUT2D eigenvalue weighted by Gasteiger charge is -2.04. The molecule has 0 saturated heterocycles. The first-order chi connectivity index (χ1) is 10.2. The minimum atomic E-state index is -0.394. The maximum Gasteiger partial charge on any atom is 0.271 e. The van der Waals surface area contributed by atoms with Gasteiger partial charge in [0.05, 0.1) is 5.69 Å². The standard InChI is InChI=1S/C15H13N3O2S/c1-2-16-13(19)11-8-17-15-18(14(11)20)12(9-21-15)10-6-4-3-5-7-10/h3-9H,2H2,1H3,(H,16,19). The van der Waals surface area contributed by atoms with Crippen LogP contribution in [0.15, 0.2) is 46.7 Å². The van der Waals surface area contributed by atoms with Gasteiger partial charge in [0.1, 0.15) is 5.56 Å². The first-order valence-electron chi connectivity index (χ1n) is 6.55. The van der Waals surface area contributed by atoms with E-state index in [9.17, 15) is 9.59 Å². The molecular weight excluding hydrogens is 286 g/mol. The van der Waals surface area contributed by atoms with Crippen molar-refractivity contribution in [1.82, 2.24) is 14.7 Å². The number of rotatable bonds is 3. The van der Waals surface area contributed by atoms with Gasteiger partial charge in [0, 0.05) is 18.1 Å². The summed E-state index contributed by atoms with van der Waals surface area (Å²) in [5, 5.41) is 4.51. The summed E-state index contributed by atoms with van der Waals surface area (Å²) in [7, 11) is 0. The quantitative estimate of drug-likeness (QED) is 0.806. The molecule has 2 aromatic heterocycles. The molecule has 1 aromatic carbocycles. The molecule has 0 unspecified atom stereocenters. The summed E-state index contributed by atoms with van der Waals surface area (Å²) in [5.41, 5.74) is 1.39. The molecule has 0 radical (unpaired) electrons. The Bertz CT molecular complexity index is 852. The Balaban J connectivity index is 2.23. The molecule has 5 nitrogen and oxygen atoms in total. The third-order valence-electron chi connectivity index (χ3n) is 3.10. The topological polar surface area (TPSA) is 63.5 Å². The minimum absolute atomic E-state index is 0.0601. The predicted molar refractivity (Wildman–Crippen MR) is 82.8 cm³/mol. The van der Waals surface area contributed by atoms with Gasteiger partial charge in [-0.25, -0.2) is 4.98 Å². The van der Waals surface area contributed by atoms with Crippen LogP contribution in [-0.4, -0.2) is 21.8 Å². The van der Waals surface area contributed by atoms with Crippen molar-refractivity contribution in [2.24, 2.45) is 0 Å². The van der Waals surface area contributed by atoms with Crippen LogP contribution in [0.25, 0.3) is 16.2 Å². The molecule has 3 rings (SSSR count). The monoisotopic (exact) mass is 299 g/mol. The Morgan fingerprint density at radius 2 is 2.10 bits per heavy atom. The van der Waals surface area contributed by atoms with Gasteiger partial charge < -0.3 is 5.32 Å². The van der Waals surface area contributed by atoms with Gasteiger partial charge in [-0.05, 0) is 12.5 Å². The molecule has 0 aliphatic heterocycles. The predicted octanol–water partition coefficient (Wildman–Crippen LogP) is 2.17. The molecule has 0 saturated carbocycles. The largest absolute Gasteiger partial charge is 0.352 e. The SMILES string of the molecule is CCNC(=O)c1cnc2scc(-c3ccccc3)n2c1=O. The van der Waals surface area contributed by atoms with Crippen LogP contribution in [0.4, 0.5) is 0 Å². The lowest BCUT2D eigenvalue weighted by atomic mass is 10.2. The second kappa shape index (κ2) is 5.49. The summed E-state index contributed by atoms with van der Waals surface area (Å²) in [6.45, 7) is 2.28. The van der Waals surface area contributed by atoms with E-state index in [1.807, 2.05) is 42.6 Å². The van der Waals surface area contributed by atoms with Crippen LogP contribution < -0.4 is 10.9 Å². The average molecular weight is 299 g/mol. The summed E-state index contributed by atoms with van der Waals surface area (Å²) in [6.07, 6.45) is 1.34. The summed E-state index contributed by atoms with van der Waals surface area (Å²) >= 11 is 1.38. The lowest BCUT2D eigenvalue weighted by molar-refractivity contribution is 0.0954. The summed E-state index contributed by atoms with van der Waals surface area (Å²) in [6, 6.07) is 9.58. The molecule has 21 heavy (non-hydrogen) atoms. The van der Waals surface area contributed by atoms with Crippen molar-refractivity contribution >= 4 is 22.2 Å². The highest BCUT2D eigenvalue weighted by atomic mass is 32.1. The molecule has 0 fully saturated rings. The fraction of sp³-hybridized carbons (Fsp3) is 0.133. The molecule has 1 N–H and O–H groups in total. The smallest absolute Gasteiger partial charge is 0.271 e. The number of benzene rings is 1. The number of carbonyl (C=O) groups is 1. The van der Waals surface area contributed by atoms with Crippen LogP contribution in [0.5, 0.6) is 0 Å². The number of thiazole rings is 1. The third-order valence-corrected chi connectivity index (χ3v) is 3.94. The molecule has 1 amide bonds. The molecule has 2 heterocycles. The third kappa shape index (κ3) is 2.34. The summed E-state index contributed by atoms with van der Waals surface area (Å²) in [5.74, 6) is -0.394. The van der Waals surface area contributed by atoms with E-state index in [0.717, 1.165) is 11.3 Å². The molecule has 0 bridgehead atoms. The van der Waals surface area contributed by atoms with Crippen LogP contribution in [0.1, 0.15) is 17.3 Å². The number of nitrogens with one attached hydrogen (secondary N) is 1. The average Bonchev–Trinajstić information content (AvgIpc) is 2.93. The first-order valence-corrected chi connectivity index (χ1v) is 7.43. The van der Waals surface area contributed by atoms with E-state index in [0.29, 0.717) is 11.5 Å². The number of amides is 1. The van der Waals surface area contributed by atoms with E-state index >= 15 is 0 Å². The van der Waals surface area contributed by atoms with Gasteiger partial charge in [0.25, 0.3) is 11.5 Å². The van der Waals surface area contributed by atoms with Gasteiger partial charge in [0.15, 0.2) is 4.96 Å². The Morgan fingerprint density at radius 3 is 2.81 bits per heavy atom. The van der Waals surface area contributed by atoms with Crippen LogP contribution in [-0.2, 0) is 0 Å². The van der Waals surface area contributed by atoms with Gasteiger partial charge in [-0.3, -0.25) is 14.0 Å². The summed E-state index contributed by atoms with van der Waals surface area (Å²) < 4.78 is 1.49. The zero-order chi connectivity index (χ0) is 14.8. The molecule has 0 aliphatic carbocycles. The summed E-state index contributed by atoms with van der Waals surface area (Å²) in [4.78, 5) is 29.3. The second-order valence-electron chi connectivity index (χ2n) is 4.44. The van der Waals surface area contributed by atoms with Crippen LogP contribution >= 0.6 is 11.3 Å². The van der Waals surface area contributed by atoms with Gasteiger partial charge in [-0.2, -0.15) is 0 Å². The van der Waals surface area contributed by atoms with Crippen molar-refractivity contribution in [1.29, 1.82) is 0 Å². The van der Waals surface area contributed by atoms with Gasteiger partial charge in [-0.1, -0.05) is 30.3 Å². The maximum atomic E-state index is 12.6. The fourth-order valence-corrected chi connectivity index (χ4v) is 2.97. The van der Waals surface area contributed by atoms with E-state index in [-0.39, 0.29) is 11.1 Å². The molecule has 3 aromatic rings. The molecule has 0 atom stereocenters. The normalized spacial score (nSPS) is 10.7. The molecule has 106 valence electrons. The minimum Gasteiger partial charge on any atom is -0.352 e. The van der Waals surface area contributed by atoms with Crippen molar-refractivity contribution in [2.75, 3.05) is 6.54 Å². The molecule has 6 heteroatoms. The Hall–Kier alpha value is -2.47. The molecule has 0 aliphatic rings. The van der Waals surface area contributed by atoms with Gasteiger partial charge in [0.2, 0.25) is 0 Å². The van der Waals surface area contributed by atoms with Crippen LogP contribution in [0, 0.1) is 0 Å². The van der Waals surface area contributed by atoms with Crippen molar-refractivity contribution in [2.45, 2.75) is 6.92 Å². The highest BCUT2D eigenvalue weighted by Crippen LogP contribution is 2.23. The van der Waals surface area contributed by atoms with Crippen LogP contribution in [0.3, 0.4) is 0 Å². The number of carbonyl (C=O) groups excluding carboxylic acids is 1. The van der Waals surface area contributed by atoms with Crippen molar-refractivity contribution in [3.8, 4) is 11.3 Å². The van der Waals surface area contributed by atoms with Crippen molar-refractivity contribution in [3.63, 3.8) is 0 Å². The zero-order valence-corrected chi connectivity index (χ0v) is 12.2. The first kappa shape index (κ1) is 13.5. The maximum absolute atomic E-state index is 12.6. The van der Waals surface area contributed by atoms with E-state index < -0.39 is 5.91 Å². The second-order valence-corrected chi connectivity index (χ2v) is 5.28. The van der Waals surface area contributed by atoms with Gasteiger partial charge >= 0.3 is 0 Å². The van der Waals surface area contributed by atoms with Crippen molar-refractivity contribution < 1.29 is 4.79 Å². The number of hydrogen-bond acceptors (Lipinski definition) is 4. The van der Waals surface area contributed by atoms with E-state index in [2.05, 4.69) is 10.3 Å².